The molecule has 1 aliphatic heterocycles. The van der Waals surface area contributed by atoms with E-state index in [1.54, 1.807) is 0 Å². The molecule has 1 aromatic rings. The van der Waals surface area contributed by atoms with Crippen molar-refractivity contribution in [3.05, 3.63) is 46.0 Å². The molecule has 4 heteroatoms. The second-order valence-electron chi connectivity index (χ2n) is 4.69. The van der Waals surface area contributed by atoms with Crippen LogP contribution in [0.15, 0.2) is 34.9 Å². The van der Waals surface area contributed by atoms with Gasteiger partial charge < -0.3 is 5.32 Å². The standard InChI is InChI=1S/C16H18N2OS/c1-3-11-5-7-12(8-6-11)13-9-15(19)18-16(20-4-2)14(13)10-17/h5-8,13H,3-4,9H2,1-2H3,(H,18,19)/t13-/m0/s1. The highest BCUT2D eigenvalue weighted by molar-refractivity contribution is 8.03. The van der Waals surface area contributed by atoms with E-state index in [0.29, 0.717) is 12.0 Å². The molecule has 1 N–H and O–H groups in total. The third-order valence-corrected chi connectivity index (χ3v) is 4.33. The van der Waals surface area contributed by atoms with Crippen LogP contribution in [0.2, 0.25) is 0 Å². The Kier molecular flexibility index (Phi) is 4.86. The molecular formula is C16H18N2OS. The van der Waals surface area contributed by atoms with Gasteiger partial charge in [0.1, 0.15) is 0 Å². The van der Waals surface area contributed by atoms with Crippen molar-refractivity contribution in [1.29, 1.82) is 5.26 Å². The van der Waals surface area contributed by atoms with Crippen LogP contribution in [0.5, 0.6) is 0 Å². The lowest BCUT2D eigenvalue weighted by Gasteiger charge is -2.25. The van der Waals surface area contributed by atoms with E-state index in [0.717, 1.165) is 22.8 Å². The van der Waals surface area contributed by atoms with E-state index in [9.17, 15) is 10.1 Å². The summed E-state index contributed by atoms with van der Waals surface area (Å²) < 4.78 is 0. The van der Waals surface area contributed by atoms with Gasteiger partial charge in [0.15, 0.2) is 0 Å². The van der Waals surface area contributed by atoms with Gasteiger partial charge >= 0.3 is 0 Å². The molecular weight excluding hydrogens is 268 g/mol. The number of carbonyl (C=O) groups excluding carboxylic acids is 1. The number of allylic oxidation sites excluding steroid dienone is 1. The molecule has 0 saturated heterocycles. The van der Waals surface area contributed by atoms with Gasteiger partial charge in [-0.2, -0.15) is 5.26 Å². The normalized spacial score (nSPS) is 18.6. The smallest absolute Gasteiger partial charge is 0.225 e. The van der Waals surface area contributed by atoms with Gasteiger partial charge in [-0.25, -0.2) is 0 Å². The molecule has 0 saturated carbocycles. The average Bonchev–Trinajstić information content (AvgIpc) is 2.47. The van der Waals surface area contributed by atoms with Gasteiger partial charge in [0.05, 0.1) is 16.7 Å². The van der Waals surface area contributed by atoms with Gasteiger partial charge in [0.25, 0.3) is 0 Å². The number of aryl methyl sites for hydroxylation is 1. The minimum Gasteiger partial charge on any atom is -0.320 e. The third kappa shape index (κ3) is 3.05. The van der Waals surface area contributed by atoms with E-state index >= 15 is 0 Å². The highest BCUT2D eigenvalue weighted by Crippen LogP contribution is 2.35. The minimum absolute atomic E-state index is 0.00971. The second kappa shape index (κ2) is 6.62. The number of carbonyl (C=O) groups is 1. The monoisotopic (exact) mass is 286 g/mol. The van der Waals surface area contributed by atoms with E-state index < -0.39 is 0 Å². The topological polar surface area (TPSA) is 52.9 Å². The lowest BCUT2D eigenvalue weighted by molar-refractivity contribution is -0.120. The molecule has 1 aromatic carbocycles. The number of rotatable bonds is 4. The Labute approximate surface area is 124 Å². The van der Waals surface area contributed by atoms with E-state index in [2.05, 4.69) is 30.4 Å². The van der Waals surface area contributed by atoms with Crippen LogP contribution in [0.1, 0.15) is 37.3 Å². The lowest BCUT2D eigenvalue weighted by atomic mass is 9.86. The summed E-state index contributed by atoms with van der Waals surface area (Å²) in [5.74, 6) is 0.709. The maximum Gasteiger partial charge on any atom is 0.225 e. The van der Waals surface area contributed by atoms with Crippen LogP contribution in [0.3, 0.4) is 0 Å². The first kappa shape index (κ1) is 14.7. The quantitative estimate of drug-likeness (QED) is 0.923. The Balaban J connectivity index is 2.39. The van der Waals surface area contributed by atoms with Crippen LogP contribution in [-0.2, 0) is 11.2 Å². The average molecular weight is 286 g/mol. The fourth-order valence-electron chi connectivity index (χ4n) is 2.35. The van der Waals surface area contributed by atoms with Gasteiger partial charge in [-0.05, 0) is 23.3 Å². The van der Waals surface area contributed by atoms with Gasteiger partial charge in [-0.3, -0.25) is 4.79 Å². The summed E-state index contributed by atoms with van der Waals surface area (Å²) in [4.78, 5) is 11.8. The van der Waals surface area contributed by atoms with Crippen molar-refractivity contribution in [3.63, 3.8) is 0 Å². The SMILES string of the molecule is CCSC1=C(C#N)[C@H](c2ccc(CC)cc2)CC(=O)N1. The van der Waals surface area contributed by atoms with Gasteiger partial charge in [-0.15, -0.1) is 11.8 Å². The highest BCUT2D eigenvalue weighted by atomic mass is 32.2. The van der Waals surface area contributed by atoms with E-state index in [-0.39, 0.29) is 11.8 Å². The van der Waals surface area contributed by atoms with E-state index in [1.165, 1.54) is 17.3 Å². The van der Waals surface area contributed by atoms with Crippen LogP contribution >= 0.6 is 11.8 Å². The van der Waals surface area contributed by atoms with Crippen LogP contribution in [0.25, 0.3) is 0 Å². The molecule has 1 aliphatic rings. The Hall–Kier alpha value is -1.73. The van der Waals surface area contributed by atoms with Crippen molar-refractivity contribution in [1.82, 2.24) is 5.32 Å². The van der Waals surface area contributed by atoms with Crippen molar-refractivity contribution in [3.8, 4) is 6.07 Å². The van der Waals surface area contributed by atoms with Crippen molar-refractivity contribution < 1.29 is 4.79 Å². The molecule has 0 unspecified atom stereocenters. The van der Waals surface area contributed by atoms with Gasteiger partial charge in [0.2, 0.25) is 5.91 Å². The molecule has 0 fully saturated rings. The Bertz CT molecular complexity index is 569. The second-order valence-corrected chi connectivity index (χ2v) is 5.96. The van der Waals surface area contributed by atoms with Crippen LogP contribution in [0.4, 0.5) is 0 Å². The fraction of sp³-hybridized carbons (Fsp3) is 0.375. The predicted molar refractivity (Wildman–Crippen MR) is 82.1 cm³/mol. The molecule has 3 nitrogen and oxygen atoms in total. The molecule has 0 aliphatic carbocycles. The van der Waals surface area contributed by atoms with Crippen LogP contribution in [0, 0.1) is 11.3 Å². The summed E-state index contributed by atoms with van der Waals surface area (Å²) in [5, 5.41) is 13.0. The summed E-state index contributed by atoms with van der Waals surface area (Å²) in [5.41, 5.74) is 2.99. The number of amides is 1. The summed E-state index contributed by atoms with van der Waals surface area (Å²) in [6.45, 7) is 4.12. The molecule has 2 rings (SSSR count). The Morgan fingerprint density at radius 2 is 2.05 bits per heavy atom. The van der Waals surface area contributed by atoms with Crippen molar-refractivity contribution >= 4 is 17.7 Å². The zero-order valence-electron chi connectivity index (χ0n) is 11.8. The number of nitrogens with zero attached hydrogens (tertiary/aromatic N) is 1. The predicted octanol–water partition coefficient (Wildman–Crippen LogP) is 3.34. The summed E-state index contributed by atoms with van der Waals surface area (Å²) in [6, 6.07) is 10.5. The molecule has 104 valence electrons. The zero-order valence-corrected chi connectivity index (χ0v) is 12.6. The molecule has 0 aromatic heterocycles. The maximum atomic E-state index is 11.8. The highest BCUT2D eigenvalue weighted by Gasteiger charge is 2.29. The number of nitriles is 1. The zero-order chi connectivity index (χ0) is 14.5. The molecule has 0 spiro atoms. The Morgan fingerprint density at radius 3 is 2.60 bits per heavy atom. The van der Waals surface area contributed by atoms with Gasteiger partial charge in [-0.1, -0.05) is 38.1 Å². The van der Waals surface area contributed by atoms with Crippen molar-refractivity contribution in [2.45, 2.75) is 32.6 Å². The summed E-state index contributed by atoms with van der Waals surface area (Å²) in [7, 11) is 0. The van der Waals surface area contributed by atoms with Crippen molar-refractivity contribution in [2.24, 2.45) is 0 Å². The number of nitrogens with one attached hydrogen (secondary N) is 1. The summed E-state index contributed by atoms with van der Waals surface area (Å²) >= 11 is 1.52. The molecule has 0 bridgehead atoms. The largest absolute Gasteiger partial charge is 0.320 e. The maximum absolute atomic E-state index is 11.8. The molecule has 1 heterocycles. The van der Waals surface area contributed by atoms with E-state index in [4.69, 9.17) is 0 Å². The first-order chi connectivity index (χ1) is 9.69. The number of hydrogen-bond acceptors (Lipinski definition) is 3. The van der Waals surface area contributed by atoms with Crippen LogP contribution < -0.4 is 5.32 Å². The number of benzene rings is 1. The van der Waals surface area contributed by atoms with Crippen molar-refractivity contribution in [2.75, 3.05) is 5.75 Å². The van der Waals surface area contributed by atoms with Gasteiger partial charge in [0, 0.05) is 12.3 Å². The molecule has 1 atom stereocenters. The minimum atomic E-state index is -0.117. The number of thioether (sulfide) groups is 1. The number of hydrogen-bond donors (Lipinski definition) is 1. The van der Waals surface area contributed by atoms with Crippen LogP contribution in [-0.4, -0.2) is 11.7 Å². The third-order valence-electron chi connectivity index (χ3n) is 3.44. The molecule has 0 radical (unpaired) electrons. The molecule has 20 heavy (non-hydrogen) atoms. The first-order valence-corrected chi connectivity index (χ1v) is 7.83. The molecule has 1 amide bonds. The van der Waals surface area contributed by atoms with E-state index in [1.807, 2.05) is 19.1 Å². The summed E-state index contributed by atoms with van der Waals surface area (Å²) in [6.07, 6.45) is 1.34. The lowest BCUT2D eigenvalue weighted by Crippen LogP contribution is -2.30. The first-order valence-electron chi connectivity index (χ1n) is 6.85. The fourth-order valence-corrected chi connectivity index (χ4v) is 3.17. The Morgan fingerprint density at radius 1 is 1.35 bits per heavy atom.